The Labute approximate surface area is 65.3 Å². The van der Waals surface area contributed by atoms with Gasteiger partial charge in [0.1, 0.15) is 0 Å². The second-order valence-electron chi connectivity index (χ2n) is 3.87. The quantitative estimate of drug-likeness (QED) is 0.593. The van der Waals surface area contributed by atoms with Crippen molar-refractivity contribution in [1.29, 1.82) is 0 Å². The van der Waals surface area contributed by atoms with E-state index >= 15 is 0 Å². The van der Waals surface area contributed by atoms with Gasteiger partial charge in [-0.25, -0.2) is 0 Å². The molecule has 1 N–H and O–H groups in total. The summed E-state index contributed by atoms with van der Waals surface area (Å²) in [6.45, 7) is -1.95. The Kier molecular flexibility index (Phi) is 1.06. The highest BCUT2D eigenvalue weighted by Gasteiger charge is 2.39. The first kappa shape index (κ1) is 4.76. The number of aliphatic hydroxyl groups is 1. The second kappa shape index (κ2) is 2.23. The highest BCUT2D eigenvalue weighted by molar-refractivity contribution is 4.90. The van der Waals surface area contributed by atoms with Crippen LogP contribution in [0.5, 0.6) is 0 Å². The molecule has 0 amide bonds. The van der Waals surface area contributed by atoms with E-state index in [4.69, 9.17) is 2.74 Å². The van der Waals surface area contributed by atoms with Crippen molar-refractivity contribution >= 4 is 0 Å². The lowest BCUT2D eigenvalue weighted by molar-refractivity contribution is 0.00975. The molecule has 3 aliphatic rings. The first-order chi connectivity index (χ1) is 5.54. The molecule has 10 heavy (non-hydrogen) atoms. The van der Waals surface area contributed by atoms with Crippen LogP contribution >= 0.6 is 0 Å². The molecule has 1 nitrogen and oxygen atoms in total. The Morgan fingerprint density at radius 1 is 1.30 bits per heavy atom. The van der Waals surface area contributed by atoms with Gasteiger partial charge in [0.2, 0.25) is 0 Å². The Morgan fingerprint density at radius 2 is 1.80 bits per heavy atom. The molecule has 3 rings (SSSR count). The fourth-order valence-electron chi connectivity index (χ4n) is 2.42. The van der Waals surface area contributed by atoms with Gasteiger partial charge in [0, 0.05) is 6.56 Å². The minimum absolute atomic E-state index is 0.387. The molecule has 0 heterocycles. The molecule has 0 spiro atoms. The molecule has 0 unspecified atom stereocenters. The van der Waals surface area contributed by atoms with E-state index in [-0.39, 0.29) is 5.41 Å². The Bertz CT molecular complexity index is 164. The summed E-state index contributed by atoms with van der Waals surface area (Å²) in [5, 5.41) is 9.45. The number of hydrogen-bond acceptors (Lipinski definition) is 1. The summed E-state index contributed by atoms with van der Waals surface area (Å²) in [7, 11) is 0. The molecule has 3 saturated carbocycles. The lowest BCUT2D eigenvalue weighted by Gasteiger charge is -2.45. The summed E-state index contributed by atoms with van der Waals surface area (Å²) in [6, 6.07) is 0. The smallest absolute Gasteiger partial charge is 0.0570 e. The predicted octanol–water partition coefficient (Wildman–Crippen LogP) is 1.95. The van der Waals surface area contributed by atoms with Crippen molar-refractivity contribution in [2.24, 2.45) is 11.3 Å². The van der Waals surface area contributed by atoms with Crippen molar-refractivity contribution in [3.05, 3.63) is 0 Å². The second-order valence-corrected chi connectivity index (χ2v) is 3.87. The van der Waals surface area contributed by atoms with E-state index in [1.54, 1.807) is 0 Å². The van der Waals surface area contributed by atoms with Gasteiger partial charge in [-0.2, -0.15) is 0 Å². The highest BCUT2D eigenvalue weighted by Crippen LogP contribution is 2.49. The molecule has 0 atom stereocenters. The van der Waals surface area contributed by atoms with Crippen molar-refractivity contribution in [3.8, 4) is 0 Å². The van der Waals surface area contributed by atoms with Gasteiger partial charge in [0.25, 0.3) is 0 Å². The van der Waals surface area contributed by atoms with Gasteiger partial charge in [0.15, 0.2) is 0 Å². The fraction of sp³-hybridized carbons (Fsp3) is 1.00. The third kappa shape index (κ3) is 0.878. The summed E-state index contributed by atoms with van der Waals surface area (Å²) < 4.78 is 14.8. The average Bonchev–Trinajstić information content (AvgIpc) is 2.06. The first-order valence-corrected chi connectivity index (χ1v) is 4.26. The van der Waals surface area contributed by atoms with Crippen LogP contribution in [0.2, 0.25) is 0 Å². The van der Waals surface area contributed by atoms with Gasteiger partial charge in [-0.15, -0.1) is 0 Å². The zero-order chi connectivity index (χ0) is 8.82. The van der Waals surface area contributed by atoms with E-state index in [1.807, 2.05) is 0 Å². The topological polar surface area (TPSA) is 20.2 Å². The van der Waals surface area contributed by atoms with Crippen molar-refractivity contribution in [3.63, 3.8) is 0 Å². The van der Waals surface area contributed by atoms with Crippen LogP contribution in [0, 0.1) is 11.3 Å². The lowest BCUT2D eigenvalue weighted by atomic mass is 9.61. The molecule has 0 radical (unpaired) electrons. The molecule has 3 aliphatic carbocycles. The van der Waals surface area contributed by atoms with Gasteiger partial charge >= 0.3 is 0 Å². The van der Waals surface area contributed by atoms with Gasteiger partial charge < -0.3 is 5.11 Å². The maximum absolute atomic E-state index is 9.45. The number of fused-ring (bicyclic) bond motifs is 3. The maximum Gasteiger partial charge on any atom is 0.0570 e. The molecule has 0 aliphatic heterocycles. The zero-order valence-corrected chi connectivity index (χ0v) is 6.27. The van der Waals surface area contributed by atoms with Gasteiger partial charge in [0.05, 0.1) is 2.74 Å². The molecule has 0 aromatic carbocycles. The van der Waals surface area contributed by atoms with Crippen LogP contribution in [0.3, 0.4) is 0 Å². The SMILES string of the molecule is [2H]C([2H])(O)C12CCC(CC1)CC2. The van der Waals surface area contributed by atoms with E-state index in [0.29, 0.717) is 0 Å². The van der Waals surface area contributed by atoms with E-state index < -0.39 is 6.56 Å². The highest BCUT2D eigenvalue weighted by atomic mass is 16.3. The summed E-state index contributed by atoms with van der Waals surface area (Å²) >= 11 is 0. The van der Waals surface area contributed by atoms with Crippen molar-refractivity contribution in [1.82, 2.24) is 0 Å². The van der Waals surface area contributed by atoms with E-state index in [1.165, 1.54) is 0 Å². The average molecular weight is 142 g/mol. The molecule has 1 heteroatoms. The monoisotopic (exact) mass is 142 g/mol. The zero-order valence-electron chi connectivity index (χ0n) is 8.27. The van der Waals surface area contributed by atoms with Crippen LogP contribution in [0.25, 0.3) is 0 Å². The predicted molar refractivity (Wildman–Crippen MR) is 40.7 cm³/mol. The minimum Gasteiger partial charge on any atom is -0.396 e. The molecule has 58 valence electrons. The molecular formula is C9H16O. The Hall–Kier alpha value is -0.0400. The Balaban J connectivity index is 2.19. The molecule has 0 saturated heterocycles. The molecule has 2 bridgehead atoms. The largest absolute Gasteiger partial charge is 0.396 e. The van der Waals surface area contributed by atoms with Crippen LogP contribution in [-0.2, 0) is 0 Å². The summed E-state index contributed by atoms with van der Waals surface area (Å²) in [4.78, 5) is 0. The van der Waals surface area contributed by atoms with Crippen LogP contribution < -0.4 is 0 Å². The van der Waals surface area contributed by atoms with Crippen molar-refractivity contribution < 1.29 is 7.85 Å². The van der Waals surface area contributed by atoms with Crippen LogP contribution in [0.4, 0.5) is 0 Å². The number of rotatable bonds is 1. The third-order valence-electron chi connectivity index (χ3n) is 3.33. The van der Waals surface area contributed by atoms with Crippen LogP contribution in [-0.4, -0.2) is 11.7 Å². The van der Waals surface area contributed by atoms with E-state index in [9.17, 15) is 5.11 Å². The third-order valence-corrected chi connectivity index (χ3v) is 3.33. The fourth-order valence-corrected chi connectivity index (χ4v) is 2.42. The van der Waals surface area contributed by atoms with Gasteiger partial charge in [-0.3, -0.25) is 0 Å². The van der Waals surface area contributed by atoms with Gasteiger partial charge in [-0.05, 0) is 49.9 Å². The first-order valence-electron chi connectivity index (χ1n) is 5.26. The van der Waals surface area contributed by atoms with Gasteiger partial charge in [-0.1, -0.05) is 0 Å². The molecule has 3 fully saturated rings. The molecular weight excluding hydrogens is 124 g/mol. The normalized spacial score (nSPS) is 50.3. The molecule has 0 aromatic rings. The minimum atomic E-state index is -1.95. The number of hydrogen-bond donors (Lipinski definition) is 1. The van der Waals surface area contributed by atoms with E-state index in [0.717, 1.165) is 44.4 Å². The Morgan fingerprint density at radius 3 is 2.10 bits per heavy atom. The van der Waals surface area contributed by atoms with Crippen LogP contribution in [0.1, 0.15) is 41.3 Å². The summed E-state index contributed by atoms with van der Waals surface area (Å²) in [5.41, 5.74) is -0.387. The summed E-state index contributed by atoms with van der Waals surface area (Å²) in [6.07, 6.45) is 6.05. The van der Waals surface area contributed by atoms with Crippen LogP contribution in [0.15, 0.2) is 0 Å². The van der Waals surface area contributed by atoms with Crippen molar-refractivity contribution in [2.75, 3.05) is 6.56 Å². The molecule has 0 aromatic heterocycles. The standard InChI is InChI=1S/C9H16O/c10-7-9-4-1-8(2-5-9)3-6-9/h8,10H,1-7H2/i7D2. The lowest BCUT2D eigenvalue weighted by Crippen LogP contribution is -2.36. The maximum atomic E-state index is 9.45. The van der Waals surface area contributed by atoms with E-state index in [2.05, 4.69) is 0 Å². The van der Waals surface area contributed by atoms with Crippen molar-refractivity contribution in [2.45, 2.75) is 38.5 Å². The summed E-state index contributed by atoms with van der Waals surface area (Å²) in [5.74, 6) is 0.828.